The average molecular weight is 474 g/mol. The molecule has 4 rings (SSSR count). The number of hydrogen-bond donors (Lipinski definition) is 0. The van der Waals surface area contributed by atoms with Gasteiger partial charge in [-0.2, -0.15) is 9.61 Å². The molecule has 0 atom stereocenters. The molecule has 3 nitrogen and oxygen atoms in total. The zero-order valence-corrected chi connectivity index (χ0v) is 17.2. The summed E-state index contributed by atoms with van der Waals surface area (Å²) in [5.74, 6) is 0. The van der Waals surface area contributed by atoms with Gasteiger partial charge in [0.2, 0.25) is 4.96 Å². The van der Waals surface area contributed by atoms with E-state index in [1.165, 1.54) is 0 Å². The number of aromatic nitrogens is 3. The van der Waals surface area contributed by atoms with Crippen molar-refractivity contribution in [2.75, 3.05) is 0 Å². The Labute approximate surface area is 171 Å². The summed E-state index contributed by atoms with van der Waals surface area (Å²) >= 11 is 23.3. The van der Waals surface area contributed by atoms with Crippen LogP contribution in [0, 0.1) is 0 Å². The van der Waals surface area contributed by atoms with Crippen LogP contribution in [-0.4, -0.2) is 14.6 Å². The average Bonchev–Trinajstić information content (AvgIpc) is 3.09. The van der Waals surface area contributed by atoms with Gasteiger partial charge in [-0.15, -0.1) is 0 Å². The summed E-state index contributed by atoms with van der Waals surface area (Å²) in [4.78, 5) is 5.48. The van der Waals surface area contributed by atoms with Gasteiger partial charge < -0.3 is 0 Å². The lowest BCUT2D eigenvalue weighted by Gasteiger charge is -2.02. The van der Waals surface area contributed by atoms with Crippen LogP contribution in [0.2, 0.25) is 15.1 Å². The van der Waals surface area contributed by atoms with Crippen LogP contribution in [0.5, 0.6) is 0 Å². The molecule has 0 radical (unpaired) electrons. The molecule has 0 unspecified atom stereocenters. The lowest BCUT2D eigenvalue weighted by Crippen LogP contribution is -1.91. The molecule has 0 fully saturated rings. The van der Waals surface area contributed by atoms with Gasteiger partial charge in [0.1, 0.15) is 15.3 Å². The highest BCUT2D eigenvalue weighted by Gasteiger charge is 2.18. The predicted octanol–water partition coefficient (Wildman–Crippen LogP) is 6.77. The van der Waals surface area contributed by atoms with Gasteiger partial charge in [-0.05, 0) is 51.8 Å². The largest absolute Gasteiger partial charge is 0.216 e. The van der Waals surface area contributed by atoms with Gasteiger partial charge in [-0.3, -0.25) is 0 Å². The highest BCUT2D eigenvalue weighted by molar-refractivity contribution is 9.10. The number of benzene rings is 2. The highest BCUT2D eigenvalue weighted by atomic mass is 79.9. The molecule has 0 aliphatic rings. The molecular weight excluding hydrogens is 465 g/mol. The summed E-state index contributed by atoms with van der Waals surface area (Å²) < 4.78 is 2.56. The smallest absolute Gasteiger partial charge is 0.213 e. The molecule has 4 aromatic rings. The third kappa shape index (κ3) is 3.44. The SMILES string of the molecule is Clc1ccc(Cc2nn3c(Br)c(-c4ccc(Cl)cc4Cl)nc3s2)cc1. The minimum Gasteiger partial charge on any atom is -0.216 e. The second kappa shape index (κ2) is 6.89. The summed E-state index contributed by atoms with van der Waals surface area (Å²) in [7, 11) is 0. The van der Waals surface area contributed by atoms with Gasteiger partial charge in [0, 0.05) is 22.0 Å². The molecule has 0 bridgehead atoms. The van der Waals surface area contributed by atoms with Crippen molar-refractivity contribution in [1.29, 1.82) is 0 Å². The van der Waals surface area contributed by atoms with Gasteiger partial charge in [0.25, 0.3) is 0 Å². The van der Waals surface area contributed by atoms with E-state index in [1.807, 2.05) is 30.3 Å². The monoisotopic (exact) mass is 471 g/mol. The lowest BCUT2D eigenvalue weighted by molar-refractivity contribution is 0.904. The molecular formula is C17H9BrCl3N3S. The first kappa shape index (κ1) is 17.3. The molecule has 0 saturated carbocycles. The first-order valence-electron chi connectivity index (χ1n) is 7.25. The van der Waals surface area contributed by atoms with E-state index in [0.29, 0.717) is 10.0 Å². The Balaban J connectivity index is 1.70. The molecule has 0 N–H and O–H groups in total. The molecule has 8 heteroatoms. The van der Waals surface area contributed by atoms with Crippen LogP contribution < -0.4 is 0 Å². The van der Waals surface area contributed by atoms with E-state index >= 15 is 0 Å². The van der Waals surface area contributed by atoms with Crippen LogP contribution in [0.3, 0.4) is 0 Å². The minimum absolute atomic E-state index is 0.556. The fourth-order valence-electron chi connectivity index (χ4n) is 2.46. The second-order valence-corrected chi connectivity index (χ2v) is 8.44. The summed E-state index contributed by atoms with van der Waals surface area (Å²) in [6, 6.07) is 13.1. The van der Waals surface area contributed by atoms with E-state index in [9.17, 15) is 0 Å². The number of halogens is 4. The Bertz CT molecular complexity index is 1070. The van der Waals surface area contributed by atoms with Gasteiger partial charge in [0.05, 0.1) is 5.02 Å². The third-order valence-corrected chi connectivity index (χ3v) is 6.07. The first-order chi connectivity index (χ1) is 12.0. The molecule has 25 heavy (non-hydrogen) atoms. The number of rotatable bonds is 3. The zero-order chi connectivity index (χ0) is 17.6. The molecule has 0 aliphatic carbocycles. The van der Waals surface area contributed by atoms with Crippen LogP contribution >= 0.6 is 62.1 Å². The molecule has 126 valence electrons. The third-order valence-electron chi connectivity index (χ3n) is 3.65. The van der Waals surface area contributed by atoms with Crippen LogP contribution in [0.25, 0.3) is 16.2 Å². The minimum atomic E-state index is 0.556. The van der Waals surface area contributed by atoms with Gasteiger partial charge in [-0.25, -0.2) is 4.98 Å². The van der Waals surface area contributed by atoms with Crippen molar-refractivity contribution < 1.29 is 0 Å². The van der Waals surface area contributed by atoms with Crippen molar-refractivity contribution in [3.05, 3.63) is 72.7 Å². The Hall–Kier alpha value is -1.11. The number of imidazole rings is 1. The van der Waals surface area contributed by atoms with Crippen molar-refractivity contribution in [3.63, 3.8) is 0 Å². The Morgan fingerprint density at radius 3 is 2.40 bits per heavy atom. The van der Waals surface area contributed by atoms with E-state index in [2.05, 4.69) is 26.0 Å². The van der Waals surface area contributed by atoms with E-state index < -0.39 is 0 Å². The normalized spacial score (nSPS) is 11.4. The van der Waals surface area contributed by atoms with E-state index in [0.717, 1.165) is 42.8 Å². The summed E-state index contributed by atoms with van der Waals surface area (Å²) in [6.45, 7) is 0. The maximum absolute atomic E-state index is 6.30. The van der Waals surface area contributed by atoms with E-state index in [4.69, 9.17) is 34.8 Å². The molecule has 2 aromatic heterocycles. The second-order valence-electron chi connectivity index (χ2n) is 5.37. The van der Waals surface area contributed by atoms with E-state index in [-0.39, 0.29) is 0 Å². The van der Waals surface area contributed by atoms with Crippen molar-refractivity contribution in [2.24, 2.45) is 0 Å². The number of fused-ring (bicyclic) bond motifs is 1. The maximum Gasteiger partial charge on any atom is 0.213 e. The molecule has 2 aromatic carbocycles. The van der Waals surface area contributed by atoms with E-state index in [1.54, 1.807) is 28.0 Å². The maximum atomic E-state index is 6.30. The number of nitrogens with zero attached hydrogens (tertiary/aromatic N) is 3. The lowest BCUT2D eigenvalue weighted by atomic mass is 10.2. The quantitative estimate of drug-likeness (QED) is 0.329. The number of hydrogen-bond acceptors (Lipinski definition) is 3. The van der Waals surface area contributed by atoms with Crippen molar-refractivity contribution in [3.8, 4) is 11.3 Å². The Morgan fingerprint density at radius 1 is 1.00 bits per heavy atom. The fraction of sp³-hybridized carbons (Fsp3) is 0.0588. The molecule has 0 spiro atoms. The van der Waals surface area contributed by atoms with Gasteiger partial charge >= 0.3 is 0 Å². The molecule has 0 aliphatic heterocycles. The van der Waals surface area contributed by atoms with Crippen LogP contribution in [-0.2, 0) is 6.42 Å². The summed E-state index contributed by atoms with van der Waals surface area (Å²) in [5, 5.41) is 7.49. The summed E-state index contributed by atoms with van der Waals surface area (Å²) in [6.07, 6.45) is 0.731. The van der Waals surface area contributed by atoms with Crippen LogP contribution in [0.4, 0.5) is 0 Å². The Kier molecular flexibility index (Phi) is 4.77. The van der Waals surface area contributed by atoms with Gasteiger partial charge in [-0.1, -0.05) is 58.3 Å². The van der Waals surface area contributed by atoms with Crippen molar-refractivity contribution in [1.82, 2.24) is 14.6 Å². The molecule has 2 heterocycles. The predicted molar refractivity (Wildman–Crippen MR) is 108 cm³/mol. The zero-order valence-electron chi connectivity index (χ0n) is 12.5. The van der Waals surface area contributed by atoms with Crippen molar-refractivity contribution >= 4 is 67.0 Å². The van der Waals surface area contributed by atoms with Gasteiger partial charge in [0.15, 0.2) is 0 Å². The summed E-state index contributed by atoms with van der Waals surface area (Å²) in [5.41, 5.74) is 2.71. The first-order valence-corrected chi connectivity index (χ1v) is 9.99. The van der Waals surface area contributed by atoms with Crippen molar-refractivity contribution in [2.45, 2.75) is 6.42 Å². The van der Waals surface area contributed by atoms with Crippen LogP contribution in [0.15, 0.2) is 47.1 Å². The highest BCUT2D eigenvalue weighted by Crippen LogP contribution is 2.36. The standard InChI is InChI=1S/C17H9BrCl3N3S/c18-16-15(12-6-5-11(20)8-13(12)21)22-17-24(16)23-14(25-17)7-9-1-3-10(19)4-2-9/h1-6,8H,7H2. The topological polar surface area (TPSA) is 30.2 Å². The molecule has 0 saturated heterocycles. The fourth-order valence-corrected chi connectivity index (χ4v) is 4.68. The van der Waals surface area contributed by atoms with Crippen LogP contribution in [0.1, 0.15) is 10.6 Å². The molecule has 0 amide bonds. The Morgan fingerprint density at radius 2 is 1.72 bits per heavy atom.